The van der Waals surface area contributed by atoms with E-state index in [0.29, 0.717) is 47.5 Å². The average Bonchev–Trinajstić information content (AvgIpc) is 3.05. The molecule has 10 heteroatoms. The van der Waals surface area contributed by atoms with Gasteiger partial charge in [0.1, 0.15) is 10.5 Å². The Labute approximate surface area is 159 Å². The Morgan fingerprint density at radius 2 is 1.96 bits per heavy atom. The number of halogens is 1. The molecule has 2 aromatic heterocycles. The Balaban J connectivity index is 1.83. The van der Waals surface area contributed by atoms with E-state index in [1.807, 2.05) is 6.07 Å². The van der Waals surface area contributed by atoms with E-state index in [9.17, 15) is 8.42 Å². The molecule has 3 aromatic rings. The van der Waals surface area contributed by atoms with E-state index in [0.717, 1.165) is 5.56 Å². The maximum Gasteiger partial charge on any atom is 0.225 e. The standard InChI is InChI=1S/C16H15ClN4O3S2/c1-26(22,23)11-4-2-3-10(9-11)14-18-12-13(21-5-7-24-8-6-21)19-16(17)20-15(12)25-14/h2-4,9H,5-8H2,1H3. The summed E-state index contributed by atoms with van der Waals surface area (Å²) in [6.45, 7) is 2.66. The molecule has 1 aromatic carbocycles. The number of sulfone groups is 1. The summed E-state index contributed by atoms with van der Waals surface area (Å²) in [5.41, 5.74) is 1.39. The molecule has 0 atom stereocenters. The number of anilines is 1. The van der Waals surface area contributed by atoms with Crippen LogP contribution in [0.15, 0.2) is 29.2 Å². The van der Waals surface area contributed by atoms with Gasteiger partial charge < -0.3 is 9.64 Å². The molecule has 0 radical (unpaired) electrons. The van der Waals surface area contributed by atoms with Crippen LogP contribution in [0.5, 0.6) is 0 Å². The zero-order chi connectivity index (χ0) is 18.3. The summed E-state index contributed by atoms with van der Waals surface area (Å²) in [6.07, 6.45) is 1.19. The van der Waals surface area contributed by atoms with Crippen LogP contribution < -0.4 is 4.90 Å². The molecular weight excluding hydrogens is 396 g/mol. The smallest absolute Gasteiger partial charge is 0.225 e. The Morgan fingerprint density at radius 1 is 1.19 bits per heavy atom. The van der Waals surface area contributed by atoms with Gasteiger partial charge in [-0.1, -0.05) is 23.5 Å². The van der Waals surface area contributed by atoms with Crippen LogP contribution in [-0.2, 0) is 14.6 Å². The van der Waals surface area contributed by atoms with Gasteiger partial charge in [0.05, 0.1) is 18.1 Å². The number of hydrogen-bond donors (Lipinski definition) is 0. The van der Waals surface area contributed by atoms with Crippen molar-refractivity contribution in [3.63, 3.8) is 0 Å². The highest BCUT2D eigenvalue weighted by Crippen LogP contribution is 2.35. The Hall–Kier alpha value is -1.81. The van der Waals surface area contributed by atoms with E-state index in [1.165, 1.54) is 17.6 Å². The summed E-state index contributed by atoms with van der Waals surface area (Å²) in [7, 11) is -3.29. The predicted molar refractivity (Wildman–Crippen MR) is 102 cm³/mol. The van der Waals surface area contributed by atoms with Crippen molar-refractivity contribution in [2.24, 2.45) is 0 Å². The molecule has 0 spiro atoms. The Bertz CT molecular complexity index is 1080. The van der Waals surface area contributed by atoms with E-state index in [-0.39, 0.29) is 10.2 Å². The van der Waals surface area contributed by atoms with E-state index in [1.54, 1.807) is 18.2 Å². The predicted octanol–water partition coefficient (Wildman–Crippen LogP) is 2.65. The minimum absolute atomic E-state index is 0.166. The number of nitrogens with zero attached hydrogens (tertiary/aromatic N) is 4. The van der Waals surface area contributed by atoms with Crippen LogP contribution in [0.4, 0.5) is 5.82 Å². The van der Waals surface area contributed by atoms with E-state index >= 15 is 0 Å². The highest BCUT2D eigenvalue weighted by atomic mass is 35.5. The molecular formula is C16H15ClN4O3S2. The molecule has 4 rings (SSSR count). The minimum atomic E-state index is -3.29. The first-order valence-corrected chi connectivity index (χ1v) is 11.0. The zero-order valence-corrected chi connectivity index (χ0v) is 16.2. The highest BCUT2D eigenvalue weighted by molar-refractivity contribution is 7.90. The second kappa shape index (κ2) is 6.73. The van der Waals surface area contributed by atoms with E-state index in [2.05, 4.69) is 19.9 Å². The zero-order valence-electron chi connectivity index (χ0n) is 13.8. The van der Waals surface area contributed by atoms with Crippen molar-refractivity contribution in [2.75, 3.05) is 37.5 Å². The van der Waals surface area contributed by atoms with Crippen LogP contribution in [0.1, 0.15) is 0 Å². The molecule has 1 aliphatic heterocycles. The summed E-state index contributed by atoms with van der Waals surface area (Å²) in [4.78, 5) is 16.3. The summed E-state index contributed by atoms with van der Waals surface area (Å²) in [5.74, 6) is 0.685. The molecule has 0 unspecified atom stereocenters. The normalized spacial score (nSPS) is 15.5. The number of thiazole rings is 1. The average molecular weight is 411 g/mol. The number of fused-ring (bicyclic) bond motifs is 1. The van der Waals surface area contributed by atoms with Crippen LogP contribution in [0.2, 0.25) is 5.28 Å². The SMILES string of the molecule is CS(=O)(=O)c1cccc(-c2nc3c(N4CCOCC4)nc(Cl)nc3s2)c1. The molecule has 0 aliphatic carbocycles. The summed E-state index contributed by atoms with van der Waals surface area (Å²) in [5, 5.41) is 0.843. The third-order valence-corrected chi connectivity index (χ3v) is 6.31. The maximum absolute atomic E-state index is 11.8. The number of hydrogen-bond acceptors (Lipinski definition) is 8. The van der Waals surface area contributed by atoms with Gasteiger partial charge in [0.15, 0.2) is 20.5 Å². The fourth-order valence-corrected chi connectivity index (χ4v) is 4.57. The lowest BCUT2D eigenvalue weighted by Gasteiger charge is -2.27. The number of morpholine rings is 1. The Morgan fingerprint density at radius 3 is 2.69 bits per heavy atom. The first-order valence-electron chi connectivity index (χ1n) is 7.89. The number of benzene rings is 1. The lowest BCUT2D eigenvalue weighted by molar-refractivity contribution is 0.122. The van der Waals surface area contributed by atoms with Crippen LogP contribution in [0.25, 0.3) is 20.9 Å². The van der Waals surface area contributed by atoms with Crippen molar-refractivity contribution in [3.05, 3.63) is 29.5 Å². The second-order valence-corrected chi connectivity index (χ2v) is 9.22. The topological polar surface area (TPSA) is 85.3 Å². The van der Waals surface area contributed by atoms with Crippen molar-refractivity contribution in [1.29, 1.82) is 0 Å². The number of aromatic nitrogens is 3. The monoisotopic (exact) mass is 410 g/mol. The molecule has 136 valence electrons. The van der Waals surface area contributed by atoms with Crippen molar-refractivity contribution >= 4 is 48.9 Å². The number of ether oxygens (including phenoxy) is 1. The van der Waals surface area contributed by atoms with Crippen LogP contribution in [0, 0.1) is 0 Å². The summed E-state index contributed by atoms with van der Waals surface area (Å²) < 4.78 is 29.0. The van der Waals surface area contributed by atoms with Gasteiger partial charge in [0.2, 0.25) is 5.28 Å². The Kier molecular flexibility index (Phi) is 4.55. The largest absolute Gasteiger partial charge is 0.378 e. The quantitative estimate of drug-likeness (QED) is 0.613. The van der Waals surface area contributed by atoms with Crippen LogP contribution >= 0.6 is 22.9 Å². The van der Waals surface area contributed by atoms with Gasteiger partial charge in [0, 0.05) is 24.9 Å². The van der Waals surface area contributed by atoms with Gasteiger partial charge in [-0.25, -0.2) is 18.4 Å². The third kappa shape index (κ3) is 3.39. The fourth-order valence-electron chi connectivity index (χ4n) is 2.76. The van der Waals surface area contributed by atoms with Gasteiger partial charge in [-0.05, 0) is 23.7 Å². The first-order chi connectivity index (χ1) is 12.4. The molecule has 26 heavy (non-hydrogen) atoms. The molecule has 0 bridgehead atoms. The molecule has 0 saturated carbocycles. The molecule has 7 nitrogen and oxygen atoms in total. The van der Waals surface area contributed by atoms with Gasteiger partial charge in [-0.15, -0.1) is 0 Å². The summed E-state index contributed by atoms with van der Waals surface area (Å²) >= 11 is 7.47. The van der Waals surface area contributed by atoms with Gasteiger partial charge >= 0.3 is 0 Å². The van der Waals surface area contributed by atoms with Gasteiger partial charge in [-0.3, -0.25) is 0 Å². The molecule has 1 fully saturated rings. The number of rotatable bonds is 3. The van der Waals surface area contributed by atoms with Crippen molar-refractivity contribution in [1.82, 2.24) is 15.0 Å². The summed E-state index contributed by atoms with van der Waals surface area (Å²) in [6, 6.07) is 6.73. The molecule has 1 saturated heterocycles. The third-order valence-electron chi connectivity index (χ3n) is 4.03. The second-order valence-electron chi connectivity index (χ2n) is 5.89. The molecule has 1 aliphatic rings. The van der Waals surface area contributed by atoms with Crippen LogP contribution in [-0.4, -0.2) is 55.9 Å². The lowest BCUT2D eigenvalue weighted by atomic mass is 10.2. The minimum Gasteiger partial charge on any atom is -0.378 e. The lowest BCUT2D eigenvalue weighted by Crippen LogP contribution is -2.37. The fraction of sp³-hybridized carbons (Fsp3) is 0.312. The highest BCUT2D eigenvalue weighted by Gasteiger charge is 2.21. The molecule has 0 amide bonds. The molecule has 3 heterocycles. The molecule has 0 N–H and O–H groups in total. The van der Waals surface area contributed by atoms with Gasteiger partial charge in [-0.2, -0.15) is 4.98 Å². The van der Waals surface area contributed by atoms with Gasteiger partial charge in [0.25, 0.3) is 0 Å². The van der Waals surface area contributed by atoms with Crippen LogP contribution in [0.3, 0.4) is 0 Å². The van der Waals surface area contributed by atoms with E-state index < -0.39 is 9.84 Å². The van der Waals surface area contributed by atoms with Crippen molar-refractivity contribution in [2.45, 2.75) is 4.90 Å². The van der Waals surface area contributed by atoms with E-state index in [4.69, 9.17) is 16.3 Å². The van der Waals surface area contributed by atoms with Crippen molar-refractivity contribution in [3.8, 4) is 10.6 Å². The maximum atomic E-state index is 11.8. The first kappa shape index (κ1) is 17.6. The van der Waals surface area contributed by atoms with Crippen molar-refractivity contribution < 1.29 is 13.2 Å².